The van der Waals surface area contributed by atoms with E-state index in [0.717, 1.165) is 22.2 Å². The fraction of sp³-hybridized carbons (Fsp3) is 0.188. The number of hydrogen-bond donors (Lipinski definition) is 1. The molecule has 3 aromatic rings. The molecule has 0 aliphatic carbocycles. The lowest BCUT2D eigenvalue weighted by atomic mass is 10.1. The van der Waals surface area contributed by atoms with Gasteiger partial charge in [0.25, 0.3) is 0 Å². The summed E-state index contributed by atoms with van der Waals surface area (Å²) in [5.41, 5.74) is 3.48. The number of aromatic nitrogens is 2. The quantitative estimate of drug-likeness (QED) is 0.797. The highest BCUT2D eigenvalue weighted by Crippen LogP contribution is 2.17. The number of nitrogens with zero attached hydrogens (tertiary/aromatic N) is 2. The number of carbonyl (C=O) groups is 1. The maximum Gasteiger partial charge on any atom is 0.224 e. The van der Waals surface area contributed by atoms with Gasteiger partial charge in [0, 0.05) is 25.9 Å². The Hall–Kier alpha value is -2.69. The molecule has 0 saturated carbocycles. The van der Waals surface area contributed by atoms with E-state index in [4.69, 9.17) is 4.42 Å². The second-order valence-corrected chi connectivity index (χ2v) is 4.84. The topological polar surface area (TPSA) is 68.0 Å². The van der Waals surface area contributed by atoms with Crippen molar-refractivity contribution in [3.05, 3.63) is 59.7 Å². The zero-order valence-electron chi connectivity index (χ0n) is 11.7. The van der Waals surface area contributed by atoms with E-state index in [1.165, 1.54) is 0 Å². The lowest BCUT2D eigenvalue weighted by Gasteiger charge is -2.05. The average Bonchev–Trinajstić information content (AvgIpc) is 2.85. The number of benzene rings is 1. The van der Waals surface area contributed by atoms with Gasteiger partial charge in [-0.1, -0.05) is 6.07 Å². The Balaban J connectivity index is 1.63. The second-order valence-electron chi connectivity index (χ2n) is 4.84. The fourth-order valence-electron chi connectivity index (χ4n) is 2.15. The molecule has 1 amide bonds. The van der Waals surface area contributed by atoms with E-state index in [0.29, 0.717) is 18.9 Å². The number of nitrogens with one attached hydrogen (secondary N) is 1. The SMILES string of the molecule is Cc1nc2cc(CC(=O)NCc3ccncc3)ccc2o1. The molecule has 5 nitrogen and oxygen atoms in total. The summed E-state index contributed by atoms with van der Waals surface area (Å²) in [6, 6.07) is 9.38. The summed E-state index contributed by atoms with van der Waals surface area (Å²) in [6.07, 6.45) is 3.75. The van der Waals surface area contributed by atoms with Gasteiger partial charge in [0.05, 0.1) is 6.42 Å². The van der Waals surface area contributed by atoms with E-state index < -0.39 is 0 Å². The number of carbonyl (C=O) groups excluding carboxylic acids is 1. The van der Waals surface area contributed by atoms with E-state index >= 15 is 0 Å². The number of amides is 1. The molecule has 21 heavy (non-hydrogen) atoms. The number of fused-ring (bicyclic) bond motifs is 1. The highest BCUT2D eigenvalue weighted by Gasteiger charge is 2.07. The van der Waals surface area contributed by atoms with Crippen LogP contribution in [0.15, 0.2) is 47.1 Å². The minimum absolute atomic E-state index is 0.0219. The molecule has 0 saturated heterocycles. The minimum Gasteiger partial charge on any atom is -0.441 e. The van der Waals surface area contributed by atoms with Crippen LogP contribution in [0.1, 0.15) is 17.0 Å². The van der Waals surface area contributed by atoms with Crippen molar-refractivity contribution >= 4 is 17.0 Å². The Bertz CT molecular complexity index is 766. The van der Waals surface area contributed by atoms with Crippen LogP contribution in [0.3, 0.4) is 0 Å². The molecule has 0 atom stereocenters. The third-order valence-corrected chi connectivity index (χ3v) is 3.16. The first-order valence-corrected chi connectivity index (χ1v) is 6.72. The van der Waals surface area contributed by atoms with Crippen molar-refractivity contribution in [2.75, 3.05) is 0 Å². The van der Waals surface area contributed by atoms with Crippen molar-refractivity contribution in [1.29, 1.82) is 0 Å². The first kappa shape index (κ1) is 13.3. The van der Waals surface area contributed by atoms with Crippen LogP contribution < -0.4 is 5.32 Å². The Morgan fingerprint density at radius 1 is 1.19 bits per heavy atom. The summed E-state index contributed by atoms with van der Waals surface area (Å²) in [4.78, 5) is 20.2. The lowest BCUT2D eigenvalue weighted by Crippen LogP contribution is -2.24. The molecule has 0 bridgehead atoms. The third-order valence-electron chi connectivity index (χ3n) is 3.16. The molecule has 0 aliphatic heterocycles. The molecule has 106 valence electrons. The van der Waals surface area contributed by atoms with Crippen molar-refractivity contribution < 1.29 is 9.21 Å². The summed E-state index contributed by atoms with van der Waals surface area (Å²) >= 11 is 0. The van der Waals surface area contributed by atoms with Crippen LogP contribution in [-0.2, 0) is 17.8 Å². The van der Waals surface area contributed by atoms with Gasteiger partial charge in [0.2, 0.25) is 5.91 Å². The summed E-state index contributed by atoms with van der Waals surface area (Å²) in [7, 11) is 0. The van der Waals surface area contributed by atoms with Gasteiger partial charge in [0.15, 0.2) is 11.5 Å². The molecule has 0 fully saturated rings. The Kier molecular flexibility index (Phi) is 3.64. The van der Waals surface area contributed by atoms with Gasteiger partial charge >= 0.3 is 0 Å². The van der Waals surface area contributed by atoms with Crippen LogP contribution in [0.2, 0.25) is 0 Å². The lowest BCUT2D eigenvalue weighted by molar-refractivity contribution is -0.120. The van der Waals surface area contributed by atoms with E-state index in [1.54, 1.807) is 19.3 Å². The predicted octanol–water partition coefficient (Wildman–Crippen LogP) is 2.39. The number of aryl methyl sites for hydroxylation is 1. The molecule has 0 unspecified atom stereocenters. The number of oxazole rings is 1. The third kappa shape index (κ3) is 3.25. The molecule has 0 aliphatic rings. The van der Waals surface area contributed by atoms with Crippen LogP contribution >= 0.6 is 0 Å². The van der Waals surface area contributed by atoms with Crippen LogP contribution in [0, 0.1) is 6.92 Å². The first-order valence-electron chi connectivity index (χ1n) is 6.72. The van der Waals surface area contributed by atoms with Crippen LogP contribution in [0.25, 0.3) is 11.1 Å². The van der Waals surface area contributed by atoms with Gasteiger partial charge < -0.3 is 9.73 Å². The van der Waals surface area contributed by atoms with Crippen molar-refractivity contribution in [3.8, 4) is 0 Å². The predicted molar refractivity (Wildman–Crippen MR) is 78.5 cm³/mol. The van der Waals surface area contributed by atoms with E-state index in [-0.39, 0.29) is 5.91 Å². The monoisotopic (exact) mass is 281 g/mol. The zero-order valence-corrected chi connectivity index (χ0v) is 11.7. The highest BCUT2D eigenvalue weighted by molar-refractivity contribution is 5.81. The average molecular weight is 281 g/mol. The Morgan fingerprint density at radius 3 is 2.81 bits per heavy atom. The van der Waals surface area contributed by atoms with Crippen molar-refractivity contribution in [3.63, 3.8) is 0 Å². The summed E-state index contributed by atoms with van der Waals surface area (Å²) < 4.78 is 5.42. The summed E-state index contributed by atoms with van der Waals surface area (Å²) in [6.45, 7) is 2.31. The zero-order chi connectivity index (χ0) is 14.7. The van der Waals surface area contributed by atoms with Gasteiger partial charge in [-0.2, -0.15) is 0 Å². The first-order chi connectivity index (χ1) is 10.2. The molecule has 2 aromatic heterocycles. The minimum atomic E-state index is -0.0219. The van der Waals surface area contributed by atoms with Crippen molar-refractivity contribution in [2.45, 2.75) is 19.9 Å². The molecular weight excluding hydrogens is 266 g/mol. The normalized spacial score (nSPS) is 10.7. The number of rotatable bonds is 4. The van der Waals surface area contributed by atoms with E-state index in [2.05, 4.69) is 15.3 Å². The van der Waals surface area contributed by atoms with Crippen LogP contribution in [0.4, 0.5) is 0 Å². The highest BCUT2D eigenvalue weighted by atomic mass is 16.3. The molecule has 3 rings (SSSR count). The molecule has 0 spiro atoms. The van der Waals surface area contributed by atoms with Crippen molar-refractivity contribution in [2.24, 2.45) is 0 Å². The van der Waals surface area contributed by atoms with E-state index in [1.807, 2.05) is 30.3 Å². The largest absolute Gasteiger partial charge is 0.441 e. The van der Waals surface area contributed by atoms with Gasteiger partial charge in [-0.25, -0.2) is 4.98 Å². The molecule has 1 aromatic carbocycles. The smallest absolute Gasteiger partial charge is 0.224 e. The second kappa shape index (κ2) is 5.75. The molecule has 2 heterocycles. The Morgan fingerprint density at radius 2 is 2.00 bits per heavy atom. The van der Waals surface area contributed by atoms with E-state index in [9.17, 15) is 4.79 Å². The molecule has 5 heteroatoms. The van der Waals surface area contributed by atoms with Gasteiger partial charge in [-0.15, -0.1) is 0 Å². The van der Waals surface area contributed by atoms with Crippen LogP contribution in [0.5, 0.6) is 0 Å². The standard InChI is InChI=1S/C16H15N3O2/c1-11-19-14-8-13(2-3-15(14)21-11)9-16(20)18-10-12-4-6-17-7-5-12/h2-8H,9-10H2,1H3,(H,18,20). The van der Waals surface area contributed by atoms with Gasteiger partial charge in [-0.05, 0) is 35.4 Å². The van der Waals surface area contributed by atoms with Crippen molar-refractivity contribution in [1.82, 2.24) is 15.3 Å². The number of hydrogen-bond acceptors (Lipinski definition) is 4. The summed E-state index contributed by atoms with van der Waals surface area (Å²) in [5, 5.41) is 2.89. The molecule has 0 radical (unpaired) electrons. The fourth-order valence-corrected chi connectivity index (χ4v) is 2.15. The van der Waals surface area contributed by atoms with Gasteiger partial charge in [0.1, 0.15) is 5.52 Å². The number of pyridine rings is 1. The molecular formula is C16H15N3O2. The maximum atomic E-state index is 12.0. The Labute approximate surface area is 122 Å². The molecule has 1 N–H and O–H groups in total. The maximum absolute atomic E-state index is 12.0. The van der Waals surface area contributed by atoms with Gasteiger partial charge in [-0.3, -0.25) is 9.78 Å². The van der Waals surface area contributed by atoms with Crippen LogP contribution in [-0.4, -0.2) is 15.9 Å². The summed E-state index contributed by atoms with van der Waals surface area (Å²) in [5.74, 6) is 0.607.